The fraction of sp³-hybridized carbons (Fsp3) is 0.444. The minimum atomic E-state index is 0.0197. The highest BCUT2D eigenvalue weighted by Crippen LogP contribution is 2.22. The number of rotatable bonds is 8. The first kappa shape index (κ1) is 17.7. The van der Waals surface area contributed by atoms with Crippen molar-refractivity contribution < 1.29 is 4.42 Å². The van der Waals surface area contributed by atoms with Gasteiger partial charge in [-0.05, 0) is 18.6 Å². The summed E-state index contributed by atoms with van der Waals surface area (Å²) in [6, 6.07) is 7.49. The summed E-state index contributed by atoms with van der Waals surface area (Å²) in [7, 11) is 0. The van der Waals surface area contributed by atoms with Gasteiger partial charge >= 0.3 is 0 Å². The smallest absolute Gasteiger partial charge is 0.262 e. The van der Waals surface area contributed by atoms with Gasteiger partial charge in [-0.15, -0.1) is 10.2 Å². The molecule has 0 aliphatic rings. The lowest BCUT2D eigenvalue weighted by Gasteiger charge is -2.12. The molecule has 0 saturated carbocycles. The quantitative estimate of drug-likeness (QED) is 0.345. The maximum atomic E-state index is 12.9. The van der Waals surface area contributed by atoms with Crippen LogP contribution in [-0.4, -0.2) is 19.7 Å². The number of unbranched alkanes of at least 4 members (excludes halogenated alkanes) is 3. The highest BCUT2D eigenvalue weighted by atomic mass is 32.2. The van der Waals surface area contributed by atoms with Gasteiger partial charge in [0.05, 0.1) is 16.7 Å². The van der Waals surface area contributed by atoms with E-state index in [-0.39, 0.29) is 5.56 Å². The third-order valence-corrected chi connectivity index (χ3v) is 4.92. The van der Waals surface area contributed by atoms with Crippen molar-refractivity contribution in [3.05, 3.63) is 46.4 Å². The Balaban J connectivity index is 1.88. The molecule has 132 valence electrons. The molecule has 2 heterocycles. The molecular weight excluding hydrogens is 336 g/mol. The molecule has 7 heteroatoms. The van der Waals surface area contributed by atoms with Crippen molar-refractivity contribution >= 4 is 22.7 Å². The first-order valence-corrected chi connectivity index (χ1v) is 9.59. The third kappa shape index (κ3) is 4.28. The first-order valence-electron chi connectivity index (χ1n) is 8.60. The van der Waals surface area contributed by atoms with E-state index < -0.39 is 0 Å². The summed E-state index contributed by atoms with van der Waals surface area (Å²) in [5, 5.41) is 9.22. The molecule has 3 aromatic rings. The minimum absolute atomic E-state index is 0.0197. The lowest BCUT2D eigenvalue weighted by molar-refractivity contribution is 0.484. The van der Waals surface area contributed by atoms with E-state index in [0.29, 0.717) is 34.6 Å². The number of benzene rings is 1. The number of aryl methyl sites for hydroxylation is 1. The number of thioether (sulfide) groups is 1. The van der Waals surface area contributed by atoms with Gasteiger partial charge in [0.2, 0.25) is 11.8 Å². The van der Waals surface area contributed by atoms with Gasteiger partial charge in [0, 0.05) is 13.5 Å². The number of aromatic nitrogens is 4. The molecule has 0 spiro atoms. The van der Waals surface area contributed by atoms with E-state index in [1.54, 1.807) is 11.5 Å². The molecule has 0 bridgehead atoms. The van der Waals surface area contributed by atoms with Gasteiger partial charge in [0.1, 0.15) is 0 Å². The fourth-order valence-electron chi connectivity index (χ4n) is 2.67. The van der Waals surface area contributed by atoms with Gasteiger partial charge < -0.3 is 4.42 Å². The van der Waals surface area contributed by atoms with E-state index >= 15 is 0 Å². The van der Waals surface area contributed by atoms with Gasteiger partial charge in [0.15, 0.2) is 5.16 Å². The SMILES string of the molecule is CCCCCCn1c(SCc2nnc(C)o2)nc2ccccc2c1=O. The number of para-hydroxylation sites is 1. The predicted molar refractivity (Wildman–Crippen MR) is 98.7 cm³/mol. The van der Waals surface area contributed by atoms with Crippen LogP contribution in [0.2, 0.25) is 0 Å². The zero-order valence-corrected chi connectivity index (χ0v) is 15.4. The monoisotopic (exact) mass is 358 g/mol. The summed E-state index contributed by atoms with van der Waals surface area (Å²) in [4.78, 5) is 17.6. The summed E-state index contributed by atoms with van der Waals surface area (Å²) in [6.45, 7) is 4.62. The Bertz CT molecular complexity index is 903. The second-order valence-electron chi connectivity index (χ2n) is 5.93. The maximum Gasteiger partial charge on any atom is 0.262 e. The van der Waals surface area contributed by atoms with Crippen LogP contribution in [0.15, 0.2) is 38.6 Å². The highest BCUT2D eigenvalue weighted by Gasteiger charge is 2.13. The number of hydrogen-bond donors (Lipinski definition) is 0. The van der Waals surface area contributed by atoms with E-state index in [2.05, 4.69) is 17.1 Å². The van der Waals surface area contributed by atoms with Crippen LogP contribution in [0, 0.1) is 6.92 Å². The molecule has 0 aliphatic heterocycles. The van der Waals surface area contributed by atoms with Crippen LogP contribution in [0.4, 0.5) is 0 Å². The van der Waals surface area contributed by atoms with E-state index in [9.17, 15) is 4.79 Å². The average molecular weight is 358 g/mol. The zero-order chi connectivity index (χ0) is 17.6. The molecule has 1 aromatic carbocycles. The van der Waals surface area contributed by atoms with Gasteiger partial charge in [0.25, 0.3) is 5.56 Å². The molecule has 0 fully saturated rings. The van der Waals surface area contributed by atoms with Crippen LogP contribution in [0.25, 0.3) is 10.9 Å². The molecule has 0 N–H and O–H groups in total. The fourth-order valence-corrected chi connectivity index (χ4v) is 3.54. The van der Waals surface area contributed by atoms with Crippen molar-refractivity contribution in [2.75, 3.05) is 0 Å². The van der Waals surface area contributed by atoms with Crippen LogP contribution < -0.4 is 5.56 Å². The Hall–Kier alpha value is -2.15. The first-order chi connectivity index (χ1) is 12.2. The molecular formula is C18H22N4O2S. The maximum absolute atomic E-state index is 12.9. The van der Waals surface area contributed by atoms with E-state index in [1.165, 1.54) is 24.6 Å². The summed E-state index contributed by atoms with van der Waals surface area (Å²) in [6.07, 6.45) is 4.44. The average Bonchev–Trinajstić information content (AvgIpc) is 3.04. The Morgan fingerprint density at radius 1 is 1.16 bits per heavy atom. The van der Waals surface area contributed by atoms with Crippen LogP contribution >= 0.6 is 11.8 Å². The summed E-state index contributed by atoms with van der Waals surface area (Å²) in [5.74, 6) is 1.59. The molecule has 0 amide bonds. The Kier molecular flexibility index (Phi) is 5.86. The number of nitrogens with zero attached hydrogens (tertiary/aromatic N) is 4. The van der Waals surface area contributed by atoms with Crippen molar-refractivity contribution in [2.24, 2.45) is 0 Å². The molecule has 6 nitrogen and oxygen atoms in total. The second kappa shape index (κ2) is 8.29. The largest absolute Gasteiger partial charge is 0.425 e. The standard InChI is InChI=1S/C18H22N4O2S/c1-3-4-5-8-11-22-17(23)14-9-6-7-10-15(14)19-18(22)25-12-16-21-20-13(2)24-16/h6-7,9-10H,3-5,8,11-12H2,1-2H3. The molecule has 0 saturated heterocycles. The normalized spacial score (nSPS) is 11.3. The lowest BCUT2D eigenvalue weighted by atomic mass is 10.2. The van der Waals surface area contributed by atoms with Crippen LogP contribution in [0.5, 0.6) is 0 Å². The van der Waals surface area contributed by atoms with Gasteiger partial charge in [-0.2, -0.15) is 0 Å². The Labute approximate surface area is 150 Å². The van der Waals surface area contributed by atoms with Gasteiger partial charge in [-0.25, -0.2) is 4.98 Å². The molecule has 0 atom stereocenters. The molecule has 0 aliphatic carbocycles. The van der Waals surface area contributed by atoms with E-state index in [4.69, 9.17) is 9.40 Å². The van der Waals surface area contributed by atoms with Crippen molar-refractivity contribution in [1.29, 1.82) is 0 Å². The Morgan fingerprint density at radius 2 is 2.00 bits per heavy atom. The highest BCUT2D eigenvalue weighted by molar-refractivity contribution is 7.98. The molecule has 2 aromatic heterocycles. The van der Waals surface area contributed by atoms with Crippen LogP contribution in [0.3, 0.4) is 0 Å². The van der Waals surface area contributed by atoms with Crippen molar-refractivity contribution in [1.82, 2.24) is 19.7 Å². The second-order valence-corrected chi connectivity index (χ2v) is 6.87. The number of fused-ring (bicyclic) bond motifs is 1. The van der Waals surface area contributed by atoms with E-state index in [1.807, 2.05) is 24.3 Å². The van der Waals surface area contributed by atoms with Crippen LogP contribution in [-0.2, 0) is 12.3 Å². The van der Waals surface area contributed by atoms with Crippen LogP contribution in [0.1, 0.15) is 44.4 Å². The van der Waals surface area contributed by atoms with Crippen molar-refractivity contribution in [3.63, 3.8) is 0 Å². The van der Waals surface area contributed by atoms with Crippen molar-refractivity contribution in [2.45, 2.75) is 57.0 Å². The molecule has 3 rings (SSSR count). The summed E-state index contributed by atoms with van der Waals surface area (Å²) < 4.78 is 7.20. The number of hydrogen-bond acceptors (Lipinski definition) is 6. The molecule has 0 radical (unpaired) electrons. The third-order valence-electron chi connectivity index (χ3n) is 3.95. The zero-order valence-electron chi connectivity index (χ0n) is 14.6. The summed E-state index contributed by atoms with van der Waals surface area (Å²) in [5.41, 5.74) is 0.743. The molecule has 25 heavy (non-hydrogen) atoms. The summed E-state index contributed by atoms with van der Waals surface area (Å²) >= 11 is 1.46. The van der Waals surface area contributed by atoms with Crippen molar-refractivity contribution in [3.8, 4) is 0 Å². The Morgan fingerprint density at radius 3 is 2.76 bits per heavy atom. The predicted octanol–water partition coefficient (Wildman–Crippen LogP) is 3.96. The topological polar surface area (TPSA) is 73.8 Å². The van der Waals surface area contributed by atoms with Gasteiger partial charge in [-0.3, -0.25) is 9.36 Å². The van der Waals surface area contributed by atoms with Gasteiger partial charge in [-0.1, -0.05) is 50.1 Å². The lowest BCUT2D eigenvalue weighted by Crippen LogP contribution is -2.23. The molecule has 0 unspecified atom stereocenters. The van der Waals surface area contributed by atoms with E-state index in [0.717, 1.165) is 18.4 Å². The minimum Gasteiger partial charge on any atom is -0.425 e.